The summed E-state index contributed by atoms with van der Waals surface area (Å²) in [5.74, 6) is -0.968. The summed E-state index contributed by atoms with van der Waals surface area (Å²) in [4.78, 5) is 29.6. The van der Waals surface area contributed by atoms with Gasteiger partial charge in [-0.2, -0.15) is 0 Å². The minimum atomic E-state index is -1.12. The van der Waals surface area contributed by atoms with Gasteiger partial charge in [0.05, 0.1) is 23.8 Å². The van der Waals surface area contributed by atoms with Crippen LogP contribution in [0.2, 0.25) is 0 Å². The van der Waals surface area contributed by atoms with E-state index in [0.717, 1.165) is 17.5 Å². The molecule has 1 saturated heterocycles. The predicted octanol–water partition coefficient (Wildman–Crippen LogP) is 0.396. The number of carboxylic acid groups (broad SMARTS) is 1. The number of fused-ring (bicyclic) bond motifs is 2. The third-order valence-electron chi connectivity index (χ3n) is 4.54. The van der Waals surface area contributed by atoms with Crippen LogP contribution in [0.5, 0.6) is 0 Å². The highest BCUT2D eigenvalue weighted by atomic mass is 32.2. The first-order valence-electron chi connectivity index (χ1n) is 7.17. The zero-order valence-corrected chi connectivity index (χ0v) is 12.7. The molecule has 8 heteroatoms. The topological polar surface area (TPSA) is 95.7 Å². The van der Waals surface area contributed by atoms with E-state index in [0.29, 0.717) is 17.7 Å². The van der Waals surface area contributed by atoms with E-state index in [9.17, 15) is 19.8 Å². The van der Waals surface area contributed by atoms with Crippen molar-refractivity contribution < 1.29 is 19.8 Å². The van der Waals surface area contributed by atoms with Crippen LogP contribution in [0, 0.1) is 5.92 Å². The summed E-state index contributed by atoms with van der Waals surface area (Å²) in [6.45, 7) is 2.44. The van der Waals surface area contributed by atoms with Crippen LogP contribution in [-0.2, 0) is 16.1 Å². The number of carbonyl (C=O) groups excluding carboxylic acids is 1. The lowest BCUT2D eigenvalue weighted by Gasteiger charge is -2.44. The SMILES string of the molecule is C[C@@H](O)[C@H]1C(=O)N2C(C(=O)O)=C(c3cn4c(n3)SCC4)CC12. The predicted molar refractivity (Wildman–Crippen MR) is 77.9 cm³/mol. The smallest absolute Gasteiger partial charge is 0.352 e. The van der Waals surface area contributed by atoms with Crippen LogP contribution in [-0.4, -0.2) is 54.4 Å². The van der Waals surface area contributed by atoms with Gasteiger partial charge in [-0.05, 0) is 13.3 Å². The summed E-state index contributed by atoms with van der Waals surface area (Å²) >= 11 is 1.64. The van der Waals surface area contributed by atoms with E-state index in [4.69, 9.17) is 0 Å². The Morgan fingerprint density at radius 3 is 2.95 bits per heavy atom. The van der Waals surface area contributed by atoms with E-state index in [1.807, 2.05) is 10.8 Å². The van der Waals surface area contributed by atoms with E-state index in [-0.39, 0.29) is 17.6 Å². The number of aliphatic hydroxyl groups is 1. The van der Waals surface area contributed by atoms with Gasteiger partial charge in [-0.3, -0.25) is 4.79 Å². The molecule has 22 heavy (non-hydrogen) atoms. The number of aromatic nitrogens is 2. The first kappa shape index (κ1) is 13.8. The van der Waals surface area contributed by atoms with Gasteiger partial charge in [0.15, 0.2) is 5.16 Å². The number of aliphatic carboxylic acids is 1. The molecule has 3 aliphatic rings. The zero-order valence-electron chi connectivity index (χ0n) is 11.9. The highest BCUT2D eigenvalue weighted by Crippen LogP contribution is 2.47. The minimum absolute atomic E-state index is 0.0219. The number of carbonyl (C=O) groups is 2. The summed E-state index contributed by atoms with van der Waals surface area (Å²) in [5, 5.41) is 20.1. The van der Waals surface area contributed by atoms with Gasteiger partial charge in [0.1, 0.15) is 5.70 Å². The first-order valence-corrected chi connectivity index (χ1v) is 8.15. The standard InChI is InChI=1S/C14H15N3O4S/c1-6(18)10-9-4-7(11(13(20)21)17(9)12(10)19)8-5-16-2-3-22-14(16)15-8/h5-6,9-10,18H,2-4H2,1H3,(H,20,21)/t6-,9?,10-/m1/s1. The van der Waals surface area contributed by atoms with Crippen LogP contribution in [0.25, 0.3) is 5.57 Å². The third-order valence-corrected chi connectivity index (χ3v) is 5.51. The summed E-state index contributed by atoms with van der Waals surface area (Å²) in [7, 11) is 0. The van der Waals surface area contributed by atoms with Crippen molar-refractivity contribution in [1.82, 2.24) is 14.5 Å². The van der Waals surface area contributed by atoms with Crippen molar-refractivity contribution >= 4 is 29.2 Å². The fourth-order valence-corrected chi connectivity index (χ4v) is 4.50. The molecule has 0 aromatic carbocycles. The Balaban J connectivity index is 1.75. The Labute approximate surface area is 130 Å². The van der Waals surface area contributed by atoms with Crippen molar-refractivity contribution in [1.29, 1.82) is 0 Å². The molecule has 3 aliphatic heterocycles. The van der Waals surface area contributed by atoms with Gasteiger partial charge in [-0.15, -0.1) is 0 Å². The number of β-lactam (4-membered cyclic amide) rings is 1. The number of imidazole rings is 1. The van der Waals surface area contributed by atoms with Gasteiger partial charge < -0.3 is 19.7 Å². The number of nitrogens with zero attached hydrogens (tertiary/aromatic N) is 3. The van der Waals surface area contributed by atoms with Gasteiger partial charge in [0.2, 0.25) is 5.91 Å². The van der Waals surface area contributed by atoms with Crippen LogP contribution in [0.15, 0.2) is 17.1 Å². The lowest BCUT2D eigenvalue weighted by Crippen LogP contribution is -2.61. The second kappa shape index (κ2) is 4.60. The van der Waals surface area contributed by atoms with Gasteiger partial charge in [-0.1, -0.05) is 11.8 Å². The van der Waals surface area contributed by atoms with Crippen LogP contribution in [0.1, 0.15) is 19.0 Å². The number of carboxylic acids is 1. The molecule has 0 spiro atoms. The number of rotatable bonds is 3. The summed E-state index contributed by atoms with van der Waals surface area (Å²) < 4.78 is 2.01. The first-order chi connectivity index (χ1) is 10.5. The van der Waals surface area contributed by atoms with E-state index >= 15 is 0 Å². The molecule has 1 aromatic heterocycles. The van der Waals surface area contributed by atoms with Gasteiger partial charge in [-0.25, -0.2) is 9.78 Å². The number of hydrogen-bond acceptors (Lipinski definition) is 5. The molecule has 7 nitrogen and oxygen atoms in total. The normalized spacial score (nSPS) is 27.7. The monoisotopic (exact) mass is 321 g/mol. The average molecular weight is 321 g/mol. The summed E-state index contributed by atoms with van der Waals surface area (Å²) in [6.07, 6.45) is 1.52. The molecule has 1 amide bonds. The average Bonchev–Trinajstić information content (AvgIpc) is 3.06. The largest absolute Gasteiger partial charge is 0.477 e. The van der Waals surface area contributed by atoms with Crippen molar-refractivity contribution in [2.75, 3.05) is 5.75 Å². The third kappa shape index (κ3) is 1.70. The fourth-order valence-electron chi connectivity index (χ4n) is 3.55. The van der Waals surface area contributed by atoms with Gasteiger partial charge in [0.25, 0.3) is 0 Å². The van der Waals surface area contributed by atoms with Crippen molar-refractivity contribution in [3.8, 4) is 0 Å². The maximum Gasteiger partial charge on any atom is 0.352 e. The second-order valence-electron chi connectivity index (χ2n) is 5.83. The summed E-state index contributed by atoms with van der Waals surface area (Å²) in [6, 6.07) is -0.266. The molecule has 3 atom stereocenters. The Hall–Kier alpha value is -1.80. The van der Waals surface area contributed by atoms with Crippen LogP contribution in [0.4, 0.5) is 0 Å². The Morgan fingerprint density at radius 1 is 1.55 bits per heavy atom. The lowest BCUT2D eigenvalue weighted by molar-refractivity contribution is -0.161. The van der Waals surface area contributed by atoms with Crippen LogP contribution >= 0.6 is 11.8 Å². The molecule has 4 rings (SSSR count). The van der Waals surface area contributed by atoms with Crippen molar-refractivity contribution in [2.24, 2.45) is 5.92 Å². The molecule has 116 valence electrons. The van der Waals surface area contributed by atoms with Crippen molar-refractivity contribution in [2.45, 2.75) is 37.2 Å². The van der Waals surface area contributed by atoms with E-state index < -0.39 is 18.0 Å². The molecule has 1 aromatic rings. The molecule has 1 unspecified atom stereocenters. The fraction of sp³-hybridized carbons (Fsp3) is 0.500. The molecule has 2 N–H and O–H groups in total. The quantitative estimate of drug-likeness (QED) is 0.782. The van der Waals surface area contributed by atoms with Crippen molar-refractivity contribution in [3.05, 3.63) is 17.6 Å². The number of thioether (sulfide) groups is 1. The van der Waals surface area contributed by atoms with E-state index in [1.165, 1.54) is 4.90 Å². The Bertz CT molecular complexity index is 702. The van der Waals surface area contributed by atoms with Crippen LogP contribution < -0.4 is 0 Å². The maximum absolute atomic E-state index is 12.2. The number of hydrogen-bond donors (Lipinski definition) is 2. The van der Waals surface area contributed by atoms with E-state index in [2.05, 4.69) is 4.98 Å². The van der Waals surface area contributed by atoms with Gasteiger partial charge in [0, 0.05) is 24.1 Å². The molecule has 0 saturated carbocycles. The molecular formula is C14H15N3O4S. The molecule has 0 aliphatic carbocycles. The molecule has 0 radical (unpaired) electrons. The minimum Gasteiger partial charge on any atom is -0.477 e. The molecular weight excluding hydrogens is 306 g/mol. The second-order valence-corrected chi connectivity index (χ2v) is 6.89. The van der Waals surface area contributed by atoms with Crippen LogP contribution in [0.3, 0.4) is 0 Å². The highest BCUT2D eigenvalue weighted by molar-refractivity contribution is 7.99. The highest BCUT2D eigenvalue weighted by Gasteiger charge is 2.57. The molecule has 4 heterocycles. The molecule has 0 bridgehead atoms. The zero-order chi connectivity index (χ0) is 15.6. The van der Waals surface area contributed by atoms with E-state index in [1.54, 1.807) is 18.7 Å². The number of amides is 1. The Kier molecular flexibility index (Phi) is 2.89. The molecule has 1 fully saturated rings. The lowest BCUT2D eigenvalue weighted by atomic mass is 9.83. The van der Waals surface area contributed by atoms with Gasteiger partial charge >= 0.3 is 5.97 Å². The van der Waals surface area contributed by atoms with Crippen molar-refractivity contribution in [3.63, 3.8) is 0 Å². The number of aliphatic hydroxyl groups excluding tert-OH is 1. The Morgan fingerprint density at radius 2 is 2.32 bits per heavy atom. The number of aryl methyl sites for hydroxylation is 1. The maximum atomic E-state index is 12.2. The summed E-state index contributed by atoms with van der Waals surface area (Å²) in [5.41, 5.74) is 1.25.